The summed E-state index contributed by atoms with van der Waals surface area (Å²) in [6.07, 6.45) is 2.80. The number of aryl methyl sites for hydroxylation is 1. The van der Waals surface area contributed by atoms with Gasteiger partial charge in [-0.15, -0.1) is 0 Å². The fourth-order valence-corrected chi connectivity index (χ4v) is 4.21. The summed E-state index contributed by atoms with van der Waals surface area (Å²) < 4.78 is 5.29. The van der Waals surface area contributed by atoms with Gasteiger partial charge < -0.3 is 9.52 Å². The standard InChI is InChI=1S/C26H24N2O4S/c1-16(2)19-8-6-18(7-9-19)12-22-25(31)28(20-10-4-17(3)5-11-20)26(27-22)33-15-21-13-23(29)24(30)14-32-21/h4-14,16,30H,15H2,1-3H3/b22-12+. The highest BCUT2D eigenvalue weighted by Gasteiger charge is 2.32. The Kier molecular flexibility index (Phi) is 6.51. The topological polar surface area (TPSA) is 83.1 Å². The van der Waals surface area contributed by atoms with Gasteiger partial charge >= 0.3 is 0 Å². The number of aliphatic imine (C=N–C) groups is 1. The number of rotatable bonds is 5. The van der Waals surface area contributed by atoms with Crippen molar-refractivity contribution < 1.29 is 14.3 Å². The molecular weight excluding hydrogens is 436 g/mol. The van der Waals surface area contributed by atoms with Crippen LogP contribution in [0.2, 0.25) is 0 Å². The fraction of sp³-hybridized carbons (Fsp3) is 0.192. The third kappa shape index (κ3) is 5.09. The Balaban J connectivity index is 1.65. The summed E-state index contributed by atoms with van der Waals surface area (Å²) in [5.41, 5.74) is 3.74. The Bertz CT molecular complexity index is 1290. The number of hydrogen-bond acceptors (Lipinski definition) is 6. The summed E-state index contributed by atoms with van der Waals surface area (Å²) in [4.78, 5) is 31.2. The first kappa shape index (κ1) is 22.6. The Labute approximate surface area is 196 Å². The molecule has 2 heterocycles. The Hall–Kier alpha value is -3.58. The molecule has 0 radical (unpaired) electrons. The molecule has 1 aliphatic heterocycles. The quantitative estimate of drug-likeness (QED) is 0.512. The first-order valence-corrected chi connectivity index (χ1v) is 11.6. The maximum Gasteiger partial charge on any atom is 0.283 e. The van der Waals surface area contributed by atoms with Crippen molar-refractivity contribution >= 4 is 34.6 Å². The molecule has 168 valence electrons. The van der Waals surface area contributed by atoms with E-state index in [1.54, 1.807) is 11.0 Å². The zero-order valence-corrected chi connectivity index (χ0v) is 19.4. The van der Waals surface area contributed by atoms with Crippen molar-refractivity contribution in [3.8, 4) is 5.75 Å². The van der Waals surface area contributed by atoms with E-state index in [1.807, 2.05) is 43.3 Å². The second-order valence-corrected chi connectivity index (χ2v) is 9.05. The third-order valence-corrected chi connectivity index (χ3v) is 6.20. The van der Waals surface area contributed by atoms with E-state index in [0.717, 1.165) is 17.4 Å². The lowest BCUT2D eigenvalue weighted by Crippen LogP contribution is -2.30. The minimum Gasteiger partial charge on any atom is -0.502 e. The number of anilines is 1. The van der Waals surface area contributed by atoms with Crippen LogP contribution in [0.15, 0.2) is 80.8 Å². The van der Waals surface area contributed by atoms with Gasteiger partial charge in [-0.25, -0.2) is 4.99 Å². The highest BCUT2D eigenvalue weighted by molar-refractivity contribution is 8.13. The number of carbonyl (C=O) groups is 1. The Morgan fingerprint density at radius 2 is 1.79 bits per heavy atom. The molecule has 1 N–H and O–H groups in total. The van der Waals surface area contributed by atoms with E-state index in [1.165, 1.54) is 23.4 Å². The number of amidine groups is 1. The van der Waals surface area contributed by atoms with Gasteiger partial charge in [0.2, 0.25) is 5.43 Å². The van der Waals surface area contributed by atoms with Crippen LogP contribution in [-0.4, -0.2) is 16.2 Å². The van der Waals surface area contributed by atoms with Gasteiger partial charge in [-0.05, 0) is 42.2 Å². The SMILES string of the molecule is Cc1ccc(N2C(=O)/C(=C\c3ccc(C(C)C)cc3)N=C2SCc2cc(=O)c(O)co2)cc1. The van der Waals surface area contributed by atoms with E-state index in [2.05, 4.69) is 31.0 Å². The van der Waals surface area contributed by atoms with Crippen LogP contribution >= 0.6 is 11.8 Å². The van der Waals surface area contributed by atoms with Crippen molar-refractivity contribution in [3.63, 3.8) is 0 Å². The van der Waals surface area contributed by atoms with E-state index < -0.39 is 11.2 Å². The molecular formula is C26H24N2O4S. The Morgan fingerprint density at radius 1 is 1.09 bits per heavy atom. The van der Waals surface area contributed by atoms with Crippen LogP contribution in [0.4, 0.5) is 5.69 Å². The van der Waals surface area contributed by atoms with Crippen LogP contribution in [0.5, 0.6) is 5.75 Å². The number of carbonyl (C=O) groups excluding carboxylic acids is 1. The third-order valence-electron chi connectivity index (χ3n) is 5.24. The summed E-state index contributed by atoms with van der Waals surface area (Å²) in [5.74, 6) is 0.426. The molecule has 0 saturated carbocycles. The van der Waals surface area contributed by atoms with E-state index in [9.17, 15) is 14.7 Å². The molecule has 0 spiro atoms. The van der Waals surface area contributed by atoms with E-state index in [-0.39, 0.29) is 11.7 Å². The van der Waals surface area contributed by atoms with Crippen LogP contribution in [0.3, 0.4) is 0 Å². The van der Waals surface area contributed by atoms with E-state index >= 15 is 0 Å². The zero-order chi connectivity index (χ0) is 23.5. The van der Waals surface area contributed by atoms with Gasteiger partial charge in [-0.3, -0.25) is 14.5 Å². The average Bonchev–Trinajstić information content (AvgIpc) is 3.10. The van der Waals surface area contributed by atoms with Crippen LogP contribution in [-0.2, 0) is 10.5 Å². The van der Waals surface area contributed by atoms with Gasteiger partial charge in [-0.1, -0.05) is 67.6 Å². The number of amides is 1. The number of hydrogen-bond donors (Lipinski definition) is 1. The summed E-state index contributed by atoms with van der Waals surface area (Å²) in [6, 6.07) is 17.0. The molecule has 0 fully saturated rings. The molecule has 0 bridgehead atoms. The molecule has 0 unspecified atom stereocenters. The molecule has 3 aromatic rings. The second kappa shape index (κ2) is 9.50. The zero-order valence-electron chi connectivity index (χ0n) is 18.6. The number of nitrogens with zero attached hydrogens (tertiary/aromatic N) is 2. The van der Waals surface area contributed by atoms with Crippen molar-refractivity contribution in [3.05, 3.63) is 99.2 Å². The van der Waals surface area contributed by atoms with Gasteiger partial charge in [0.1, 0.15) is 17.7 Å². The number of benzene rings is 2. The lowest BCUT2D eigenvalue weighted by Gasteiger charge is -2.17. The van der Waals surface area contributed by atoms with Gasteiger partial charge in [-0.2, -0.15) is 0 Å². The second-order valence-electron chi connectivity index (χ2n) is 8.11. The molecule has 7 heteroatoms. The highest BCUT2D eigenvalue weighted by atomic mass is 32.2. The van der Waals surface area contributed by atoms with Gasteiger partial charge in [0, 0.05) is 6.07 Å². The normalized spacial score (nSPS) is 14.9. The molecule has 6 nitrogen and oxygen atoms in total. The maximum absolute atomic E-state index is 13.3. The van der Waals surface area contributed by atoms with Crippen molar-refractivity contribution in [2.24, 2.45) is 4.99 Å². The molecule has 0 aliphatic carbocycles. The van der Waals surface area contributed by atoms with E-state index in [0.29, 0.717) is 28.2 Å². The minimum atomic E-state index is -0.512. The minimum absolute atomic E-state index is 0.221. The largest absolute Gasteiger partial charge is 0.502 e. The number of thioether (sulfide) groups is 1. The van der Waals surface area contributed by atoms with Crippen LogP contribution < -0.4 is 10.3 Å². The molecule has 1 aromatic heterocycles. The molecule has 0 saturated heterocycles. The average molecular weight is 461 g/mol. The van der Waals surface area contributed by atoms with Crippen molar-refractivity contribution in [2.75, 3.05) is 4.90 Å². The first-order valence-electron chi connectivity index (χ1n) is 10.6. The summed E-state index contributed by atoms with van der Waals surface area (Å²) in [6.45, 7) is 6.26. The predicted octanol–water partition coefficient (Wildman–Crippen LogP) is 5.45. The van der Waals surface area contributed by atoms with Crippen LogP contribution in [0.1, 0.15) is 42.2 Å². The molecule has 2 aromatic carbocycles. The lowest BCUT2D eigenvalue weighted by molar-refractivity contribution is -0.113. The molecule has 1 amide bonds. The van der Waals surface area contributed by atoms with Crippen molar-refractivity contribution in [1.82, 2.24) is 0 Å². The highest BCUT2D eigenvalue weighted by Crippen LogP contribution is 2.31. The summed E-state index contributed by atoms with van der Waals surface area (Å²) >= 11 is 1.28. The summed E-state index contributed by atoms with van der Waals surface area (Å²) in [7, 11) is 0. The van der Waals surface area contributed by atoms with E-state index in [4.69, 9.17) is 4.42 Å². The van der Waals surface area contributed by atoms with Crippen molar-refractivity contribution in [1.29, 1.82) is 0 Å². The van der Waals surface area contributed by atoms with Crippen LogP contribution in [0.25, 0.3) is 6.08 Å². The monoisotopic (exact) mass is 460 g/mol. The van der Waals surface area contributed by atoms with Gasteiger partial charge in [0.25, 0.3) is 5.91 Å². The van der Waals surface area contributed by atoms with Gasteiger partial charge in [0.15, 0.2) is 10.9 Å². The van der Waals surface area contributed by atoms with Crippen molar-refractivity contribution in [2.45, 2.75) is 32.4 Å². The maximum atomic E-state index is 13.3. The molecule has 0 atom stereocenters. The number of aromatic hydroxyl groups is 1. The van der Waals surface area contributed by atoms with Gasteiger partial charge in [0.05, 0.1) is 11.4 Å². The first-order chi connectivity index (χ1) is 15.8. The molecule has 33 heavy (non-hydrogen) atoms. The predicted molar refractivity (Wildman–Crippen MR) is 133 cm³/mol. The lowest BCUT2D eigenvalue weighted by atomic mass is 10.0. The Morgan fingerprint density at radius 3 is 2.42 bits per heavy atom. The smallest absolute Gasteiger partial charge is 0.283 e. The fourth-order valence-electron chi connectivity index (χ4n) is 3.30. The van der Waals surface area contributed by atoms with Crippen LogP contribution in [0, 0.1) is 6.92 Å². The summed E-state index contributed by atoms with van der Waals surface area (Å²) in [5, 5.41) is 9.89. The molecule has 4 rings (SSSR count). The molecule has 1 aliphatic rings.